The third kappa shape index (κ3) is 2.93. The number of carbonyl (C=O) groups is 1. The number of hydrogen-bond donors (Lipinski definition) is 1. The number of amides is 1. The Kier molecular flexibility index (Phi) is 3.29. The summed E-state index contributed by atoms with van der Waals surface area (Å²) in [4.78, 5) is 11.0. The minimum atomic E-state index is -4.35. The topological polar surface area (TPSA) is 43.1 Å². The van der Waals surface area contributed by atoms with Gasteiger partial charge in [-0.1, -0.05) is 24.3 Å². The summed E-state index contributed by atoms with van der Waals surface area (Å²) in [7, 11) is 0. The number of benzene rings is 2. The van der Waals surface area contributed by atoms with E-state index in [-0.39, 0.29) is 0 Å². The molecule has 0 atom stereocenters. The fourth-order valence-corrected chi connectivity index (χ4v) is 1.70. The minimum absolute atomic E-state index is 0.317. The molecule has 0 saturated carbocycles. The Balaban J connectivity index is 2.37. The first-order valence-corrected chi connectivity index (χ1v) is 5.45. The van der Waals surface area contributed by atoms with Crippen LogP contribution in [0, 0.1) is 0 Å². The monoisotopic (exact) mass is 265 g/mol. The van der Waals surface area contributed by atoms with Gasteiger partial charge >= 0.3 is 6.18 Å². The van der Waals surface area contributed by atoms with Crippen molar-refractivity contribution in [2.24, 2.45) is 5.73 Å². The van der Waals surface area contributed by atoms with Crippen LogP contribution in [0.25, 0.3) is 11.1 Å². The minimum Gasteiger partial charge on any atom is -0.366 e. The highest BCUT2D eigenvalue weighted by atomic mass is 19.4. The number of nitrogens with two attached hydrogens (primary N) is 1. The molecule has 0 unspecified atom stereocenters. The summed E-state index contributed by atoms with van der Waals surface area (Å²) in [6.45, 7) is 0. The summed E-state index contributed by atoms with van der Waals surface area (Å²) in [5, 5.41) is 0. The normalized spacial score (nSPS) is 11.3. The summed E-state index contributed by atoms with van der Waals surface area (Å²) in [6.07, 6.45) is -4.35. The van der Waals surface area contributed by atoms with E-state index < -0.39 is 17.6 Å². The van der Waals surface area contributed by atoms with Gasteiger partial charge in [0.1, 0.15) is 0 Å². The predicted octanol–water partition coefficient (Wildman–Crippen LogP) is 3.47. The highest BCUT2D eigenvalue weighted by Crippen LogP contribution is 2.31. The molecule has 0 aliphatic heterocycles. The van der Waals surface area contributed by atoms with Gasteiger partial charge in [-0.15, -0.1) is 0 Å². The Morgan fingerprint density at radius 1 is 0.947 bits per heavy atom. The molecule has 0 aromatic heterocycles. The van der Waals surface area contributed by atoms with Crippen LogP contribution >= 0.6 is 0 Å². The highest BCUT2D eigenvalue weighted by Gasteiger charge is 2.29. The Hall–Kier alpha value is -2.30. The molecule has 0 radical (unpaired) electrons. The van der Waals surface area contributed by atoms with Gasteiger partial charge in [-0.2, -0.15) is 13.2 Å². The van der Waals surface area contributed by atoms with Crippen molar-refractivity contribution in [1.29, 1.82) is 0 Å². The van der Waals surface area contributed by atoms with E-state index in [1.54, 1.807) is 24.3 Å². The van der Waals surface area contributed by atoms with Gasteiger partial charge in [0.25, 0.3) is 0 Å². The van der Waals surface area contributed by atoms with Crippen LogP contribution < -0.4 is 5.73 Å². The van der Waals surface area contributed by atoms with Crippen LogP contribution in [0.1, 0.15) is 15.9 Å². The molecule has 2 nitrogen and oxygen atoms in total. The van der Waals surface area contributed by atoms with E-state index in [0.717, 1.165) is 12.1 Å². The van der Waals surface area contributed by atoms with Crippen LogP contribution in [0.2, 0.25) is 0 Å². The fourth-order valence-electron chi connectivity index (χ4n) is 1.70. The van der Waals surface area contributed by atoms with E-state index in [2.05, 4.69) is 0 Å². The highest BCUT2D eigenvalue weighted by molar-refractivity contribution is 5.94. The fraction of sp³-hybridized carbons (Fsp3) is 0.0714. The number of carbonyl (C=O) groups excluding carboxylic acids is 1. The van der Waals surface area contributed by atoms with Crippen molar-refractivity contribution in [3.05, 3.63) is 59.7 Å². The zero-order chi connectivity index (χ0) is 14.0. The van der Waals surface area contributed by atoms with Crippen LogP contribution in [0.3, 0.4) is 0 Å². The third-order valence-corrected chi connectivity index (χ3v) is 2.69. The average Bonchev–Trinajstić information content (AvgIpc) is 2.38. The summed E-state index contributed by atoms with van der Waals surface area (Å²) < 4.78 is 37.3. The lowest BCUT2D eigenvalue weighted by Gasteiger charge is -2.08. The lowest BCUT2D eigenvalue weighted by atomic mass is 10.0. The summed E-state index contributed by atoms with van der Waals surface area (Å²) in [5.74, 6) is -0.575. The summed E-state index contributed by atoms with van der Waals surface area (Å²) >= 11 is 0. The molecule has 2 aromatic rings. The lowest BCUT2D eigenvalue weighted by molar-refractivity contribution is -0.137. The SMILES string of the molecule is NC(=O)c1cccc(-c2ccc(C(F)(F)F)cc2)c1. The molecular formula is C14H10F3NO. The second-order valence-electron chi connectivity index (χ2n) is 4.02. The first kappa shape index (κ1) is 13.1. The molecule has 2 aromatic carbocycles. The van der Waals surface area contributed by atoms with E-state index >= 15 is 0 Å². The summed E-state index contributed by atoms with van der Waals surface area (Å²) in [5.41, 5.74) is 6.00. The number of primary amides is 1. The van der Waals surface area contributed by atoms with E-state index in [9.17, 15) is 18.0 Å². The zero-order valence-electron chi connectivity index (χ0n) is 9.74. The molecule has 2 rings (SSSR count). The molecule has 0 saturated heterocycles. The summed E-state index contributed by atoms with van der Waals surface area (Å²) in [6, 6.07) is 11.2. The van der Waals surface area contributed by atoms with Gasteiger partial charge in [-0.05, 0) is 35.4 Å². The third-order valence-electron chi connectivity index (χ3n) is 2.69. The molecule has 0 bridgehead atoms. The van der Waals surface area contributed by atoms with Crippen LogP contribution in [0.5, 0.6) is 0 Å². The van der Waals surface area contributed by atoms with Gasteiger partial charge in [0.15, 0.2) is 0 Å². The van der Waals surface area contributed by atoms with Crippen molar-refractivity contribution in [2.75, 3.05) is 0 Å². The van der Waals surface area contributed by atoms with Gasteiger partial charge < -0.3 is 5.73 Å². The molecular weight excluding hydrogens is 255 g/mol. The maximum absolute atomic E-state index is 12.4. The number of alkyl halides is 3. The molecule has 2 N–H and O–H groups in total. The Labute approximate surface area is 107 Å². The average molecular weight is 265 g/mol. The number of rotatable bonds is 2. The van der Waals surface area contributed by atoms with Crippen molar-refractivity contribution in [3.8, 4) is 11.1 Å². The van der Waals surface area contributed by atoms with Gasteiger partial charge in [-0.3, -0.25) is 4.79 Å². The lowest BCUT2D eigenvalue weighted by Crippen LogP contribution is -2.10. The second-order valence-corrected chi connectivity index (χ2v) is 4.02. The molecule has 5 heteroatoms. The number of halogens is 3. The van der Waals surface area contributed by atoms with Gasteiger partial charge in [0.2, 0.25) is 5.91 Å². The molecule has 0 aliphatic carbocycles. The van der Waals surface area contributed by atoms with Crippen molar-refractivity contribution in [1.82, 2.24) is 0 Å². The van der Waals surface area contributed by atoms with Crippen molar-refractivity contribution in [3.63, 3.8) is 0 Å². The van der Waals surface area contributed by atoms with Crippen molar-refractivity contribution in [2.45, 2.75) is 6.18 Å². The molecule has 1 amide bonds. The van der Waals surface area contributed by atoms with Crippen LogP contribution in [0.15, 0.2) is 48.5 Å². The maximum atomic E-state index is 12.4. The quantitative estimate of drug-likeness (QED) is 0.887. The van der Waals surface area contributed by atoms with E-state index in [0.29, 0.717) is 16.7 Å². The largest absolute Gasteiger partial charge is 0.416 e. The van der Waals surface area contributed by atoms with Crippen molar-refractivity contribution < 1.29 is 18.0 Å². The van der Waals surface area contributed by atoms with E-state index in [1.807, 2.05) is 0 Å². The van der Waals surface area contributed by atoms with E-state index in [1.165, 1.54) is 12.1 Å². The van der Waals surface area contributed by atoms with Gasteiger partial charge in [-0.25, -0.2) is 0 Å². The standard InChI is InChI=1S/C14H10F3NO/c15-14(16,17)12-6-4-9(5-7-12)10-2-1-3-11(8-10)13(18)19/h1-8H,(H2,18,19). The molecule has 98 valence electrons. The Morgan fingerprint density at radius 2 is 1.58 bits per heavy atom. The smallest absolute Gasteiger partial charge is 0.366 e. The second kappa shape index (κ2) is 4.76. The van der Waals surface area contributed by atoms with E-state index in [4.69, 9.17) is 5.73 Å². The molecule has 0 heterocycles. The Bertz CT molecular complexity index is 603. The predicted molar refractivity (Wildman–Crippen MR) is 65.4 cm³/mol. The molecule has 19 heavy (non-hydrogen) atoms. The van der Waals surface area contributed by atoms with Crippen molar-refractivity contribution >= 4 is 5.91 Å². The zero-order valence-corrected chi connectivity index (χ0v) is 9.74. The molecule has 0 fully saturated rings. The Morgan fingerprint density at radius 3 is 2.11 bits per heavy atom. The van der Waals surface area contributed by atoms with Gasteiger partial charge in [0, 0.05) is 5.56 Å². The molecule has 0 aliphatic rings. The van der Waals surface area contributed by atoms with Crippen LogP contribution in [0.4, 0.5) is 13.2 Å². The van der Waals surface area contributed by atoms with Gasteiger partial charge in [0.05, 0.1) is 5.56 Å². The molecule has 0 spiro atoms. The number of hydrogen-bond acceptors (Lipinski definition) is 1. The first-order valence-electron chi connectivity index (χ1n) is 5.45. The maximum Gasteiger partial charge on any atom is 0.416 e. The van der Waals surface area contributed by atoms with Crippen LogP contribution in [-0.2, 0) is 6.18 Å². The van der Waals surface area contributed by atoms with Crippen LogP contribution in [-0.4, -0.2) is 5.91 Å². The first-order chi connectivity index (χ1) is 8.88.